The largest absolute Gasteiger partial charge is 0.345 e. The van der Waals surface area contributed by atoms with Crippen LogP contribution in [0.5, 0.6) is 0 Å². The topological polar surface area (TPSA) is 74.0 Å². The summed E-state index contributed by atoms with van der Waals surface area (Å²) in [5, 5.41) is 0. The maximum atomic E-state index is 14.0. The van der Waals surface area contributed by atoms with Gasteiger partial charge in [-0.05, 0) is 54.4 Å². The first-order chi connectivity index (χ1) is 16.6. The molecule has 6 atom stereocenters. The Labute approximate surface area is 211 Å². The Hall–Kier alpha value is 0.110. The van der Waals surface area contributed by atoms with Gasteiger partial charge >= 0.3 is 15.3 Å². The van der Waals surface area contributed by atoms with E-state index in [2.05, 4.69) is 13.5 Å². The van der Waals surface area contributed by atoms with Gasteiger partial charge in [-0.1, -0.05) is 0 Å². The van der Waals surface area contributed by atoms with E-state index in [9.17, 15) is 26.3 Å². The SMILES string of the molecule is CC(F)CCP1(CCC(C)F)=NP(OCC(C)F)(OCC(C)F)=NP(OCC(C)F)(OCC(C)F)=N1. The first kappa shape index (κ1) is 34.1. The van der Waals surface area contributed by atoms with Gasteiger partial charge in [-0.3, -0.25) is 0 Å². The number of alkyl halides is 6. The Kier molecular flexibility index (Phi) is 14.8. The molecule has 0 bridgehead atoms. The maximum Gasteiger partial charge on any atom is 0.345 e. The standard InChI is InChI=1S/C20H40F6N3O4P3/c1-15(21)7-9-34(10-8-16(2)22)27-35(30-11-17(3)23,31-12-18(4)24)29-36(28-34,32-13-19(5)25)33-14-20(6)26/h15-20H,7-14H2,1-6H3. The molecule has 7 nitrogen and oxygen atoms in total. The quantitative estimate of drug-likeness (QED) is 0.117. The molecule has 1 aliphatic rings. The van der Waals surface area contributed by atoms with E-state index < -0.39 is 86.0 Å². The summed E-state index contributed by atoms with van der Waals surface area (Å²) in [5.74, 6) is 0. The summed E-state index contributed by atoms with van der Waals surface area (Å²) in [5.41, 5.74) is 0. The van der Waals surface area contributed by atoms with Crippen LogP contribution < -0.4 is 0 Å². The maximum absolute atomic E-state index is 14.0. The fraction of sp³-hybridized carbons (Fsp3) is 1.00. The van der Waals surface area contributed by atoms with Crippen LogP contribution in [0.25, 0.3) is 0 Å². The number of rotatable bonds is 18. The molecule has 0 aromatic rings. The minimum atomic E-state index is -3.95. The normalized spacial score (nSPS) is 31.3. The van der Waals surface area contributed by atoms with Crippen LogP contribution >= 0.6 is 22.5 Å². The van der Waals surface area contributed by atoms with Gasteiger partial charge < -0.3 is 18.1 Å². The second-order valence-corrected chi connectivity index (χ2v) is 16.8. The molecule has 0 amide bonds. The van der Waals surface area contributed by atoms with E-state index in [1.54, 1.807) is 0 Å². The zero-order chi connectivity index (χ0) is 27.6. The van der Waals surface area contributed by atoms with E-state index in [4.69, 9.17) is 18.1 Å². The molecule has 0 radical (unpaired) electrons. The summed E-state index contributed by atoms with van der Waals surface area (Å²) in [6.07, 6.45) is -8.54. The summed E-state index contributed by atoms with van der Waals surface area (Å²) in [7, 11) is -11.1. The van der Waals surface area contributed by atoms with Crippen molar-refractivity contribution in [3.8, 4) is 0 Å². The first-order valence-corrected chi connectivity index (χ1v) is 17.1. The molecule has 0 spiro atoms. The lowest BCUT2D eigenvalue weighted by atomic mass is 10.3. The number of hydrogen-bond acceptors (Lipinski definition) is 7. The second-order valence-electron chi connectivity index (χ2n) is 9.02. The fourth-order valence-corrected chi connectivity index (χ4v) is 15.3. The molecule has 1 heterocycles. The average molecular weight is 593 g/mol. The third-order valence-corrected chi connectivity index (χ3v) is 14.6. The molecule has 16 heteroatoms. The lowest BCUT2D eigenvalue weighted by Gasteiger charge is -2.35. The van der Waals surface area contributed by atoms with Gasteiger partial charge in [0.15, 0.2) is 0 Å². The lowest BCUT2D eigenvalue weighted by Crippen LogP contribution is -2.14. The lowest BCUT2D eigenvalue weighted by molar-refractivity contribution is 0.151. The van der Waals surface area contributed by atoms with Crippen molar-refractivity contribution in [2.45, 2.75) is 91.4 Å². The molecule has 1 aliphatic heterocycles. The monoisotopic (exact) mass is 593 g/mol. The molecular formula is C20H40F6N3O4P3. The molecule has 36 heavy (non-hydrogen) atoms. The van der Waals surface area contributed by atoms with Gasteiger partial charge in [-0.25, -0.2) is 26.3 Å². The highest BCUT2D eigenvalue weighted by atomic mass is 31.3. The molecular weight excluding hydrogens is 553 g/mol. The first-order valence-electron chi connectivity index (χ1n) is 11.9. The molecule has 0 aliphatic carbocycles. The summed E-state index contributed by atoms with van der Waals surface area (Å²) < 4.78 is 120. The summed E-state index contributed by atoms with van der Waals surface area (Å²) in [6.45, 7) is 5.35. The van der Waals surface area contributed by atoms with Gasteiger partial charge in [-0.2, -0.15) is 9.03 Å². The molecule has 0 fully saturated rings. The van der Waals surface area contributed by atoms with Gasteiger partial charge in [0, 0.05) is 12.3 Å². The minimum Gasteiger partial charge on any atom is -0.303 e. The van der Waals surface area contributed by atoms with E-state index in [0.29, 0.717) is 0 Å². The van der Waals surface area contributed by atoms with Crippen molar-refractivity contribution in [1.29, 1.82) is 0 Å². The summed E-state index contributed by atoms with van der Waals surface area (Å²) in [6, 6.07) is 0. The van der Waals surface area contributed by atoms with Crippen molar-refractivity contribution in [1.82, 2.24) is 0 Å². The van der Waals surface area contributed by atoms with E-state index in [-0.39, 0.29) is 25.2 Å². The van der Waals surface area contributed by atoms with Crippen LogP contribution in [0.1, 0.15) is 54.4 Å². The molecule has 0 aromatic heterocycles. The number of hydrogen-bond donors (Lipinski definition) is 0. The molecule has 216 valence electrons. The van der Waals surface area contributed by atoms with E-state index in [0.717, 1.165) is 0 Å². The van der Waals surface area contributed by atoms with Crippen molar-refractivity contribution >= 4 is 22.5 Å². The van der Waals surface area contributed by atoms with Crippen molar-refractivity contribution in [2.24, 2.45) is 13.5 Å². The fourth-order valence-electron chi connectivity index (χ4n) is 2.76. The van der Waals surface area contributed by atoms with Gasteiger partial charge in [0.25, 0.3) is 0 Å². The van der Waals surface area contributed by atoms with Crippen LogP contribution in [0, 0.1) is 0 Å². The van der Waals surface area contributed by atoms with Crippen molar-refractivity contribution in [3.05, 3.63) is 0 Å². The smallest absolute Gasteiger partial charge is 0.303 e. The Morgan fingerprint density at radius 2 is 0.778 bits per heavy atom. The van der Waals surface area contributed by atoms with Crippen LogP contribution in [0.4, 0.5) is 26.3 Å². The highest BCUT2D eigenvalue weighted by molar-refractivity contribution is 7.81. The molecule has 0 saturated heterocycles. The third kappa shape index (κ3) is 12.8. The molecule has 0 saturated carbocycles. The van der Waals surface area contributed by atoms with Crippen LogP contribution in [-0.2, 0) is 18.1 Å². The van der Waals surface area contributed by atoms with Crippen molar-refractivity contribution in [3.63, 3.8) is 0 Å². The van der Waals surface area contributed by atoms with Gasteiger partial charge in [0.05, 0.1) is 46.0 Å². The number of halogens is 6. The minimum absolute atomic E-state index is 0.0164. The van der Waals surface area contributed by atoms with Gasteiger partial charge in [0.1, 0.15) is 24.7 Å². The van der Waals surface area contributed by atoms with Crippen LogP contribution in [0.3, 0.4) is 0 Å². The van der Waals surface area contributed by atoms with Crippen molar-refractivity contribution in [2.75, 3.05) is 38.8 Å². The molecule has 0 aromatic carbocycles. The van der Waals surface area contributed by atoms with Crippen molar-refractivity contribution < 1.29 is 44.4 Å². The van der Waals surface area contributed by atoms with Crippen LogP contribution in [-0.4, -0.2) is 75.8 Å². The highest BCUT2D eigenvalue weighted by Gasteiger charge is 2.42. The summed E-state index contributed by atoms with van der Waals surface area (Å²) >= 11 is 0. The average Bonchev–Trinajstić information content (AvgIpc) is 2.76. The predicted molar refractivity (Wildman–Crippen MR) is 134 cm³/mol. The Morgan fingerprint density at radius 1 is 0.472 bits per heavy atom. The Bertz CT molecular complexity index is 659. The summed E-state index contributed by atoms with van der Waals surface area (Å²) in [4.78, 5) is 0. The zero-order valence-electron chi connectivity index (χ0n) is 21.7. The highest BCUT2D eigenvalue weighted by Crippen LogP contribution is 2.80. The Morgan fingerprint density at radius 3 is 1.06 bits per heavy atom. The van der Waals surface area contributed by atoms with Gasteiger partial charge in [-0.15, -0.1) is 4.52 Å². The molecule has 6 unspecified atom stereocenters. The van der Waals surface area contributed by atoms with E-state index in [1.165, 1.54) is 41.5 Å². The number of nitrogens with zero attached hydrogens (tertiary/aromatic N) is 3. The predicted octanol–water partition coefficient (Wildman–Crippen LogP) is 9.00. The third-order valence-electron chi connectivity index (χ3n) is 4.44. The van der Waals surface area contributed by atoms with Crippen LogP contribution in [0.2, 0.25) is 0 Å². The zero-order valence-corrected chi connectivity index (χ0v) is 24.4. The van der Waals surface area contributed by atoms with E-state index >= 15 is 0 Å². The van der Waals surface area contributed by atoms with Gasteiger partial charge in [0.2, 0.25) is 0 Å². The molecule has 1 rings (SSSR count). The Balaban J connectivity index is 3.92. The van der Waals surface area contributed by atoms with E-state index in [1.807, 2.05) is 0 Å². The second kappa shape index (κ2) is 15.6. The van der Waals surface area contributed by atoms with Crippen LogP contribution in [0.15, 0.2) is 13.5 Å². The molecule has 0 N–H and O–H groups in total.